The first-order chi connectivity index (χ1) is 14.7. The quantitative estimate of drug-likeness (QED) is 0.579. The zero-order valence-corrected chi connectivity index (χ0v) is 17.8. The largest absolute Gasteiger partial charge is 0.375 e. The Hall–Kier alpha value is -2.32. The Morgan fingerprint density at radius 1 is 1.03 bits per heavy atom. The van der Waals surface area contributed by atoms with Gasteiger partial charge in [0.25, 0.3) is 0 Å². The molecule has 0 saturated carbocycles. The molecule has 3 aliphatic heterocycles. The number of hydrogen-bond acceptors (Lipinski definition) is 5. The maximum absolute atomic E-state index is 12.7. The molecule has 164 valence electrons. The highest BCUT2D eigenvalue weighted by Gasteiger charge is 2.32. The van der Waals surface area contributed by atoms with Gasteiger partial charge in [0, 0.05) is 58.6 Å². The maximum atomic E-state index is 12.7. The summed E-state index contributed by atoms with van der Waals surface area (Å²) < 4.78 is 11.7. The SMILES string of the molecule is CN=C(NCC(=O)N1CCN(c2ccccc2)CC1)N1CCOC(C2CCCO2)C1. The van der Waals surface area contributed by atoms with Gasteiger partial charge in [0.05, 0.1) is 19.3 Å². The van der Waals surface area contributed by atoms with Crippen LogP contribution in [-0.4, -0.2) is 99.9 Å². The van der Waals surface area contributed by atoms with Crippen molar-refractivity contribution >= 4 is 17.6 Å². The highest BCUT2D eigenvalue weighted by molar-refractivity contribution is 5.86. The van der Waals surface area contributed by atoms with Crippen molar-refractivity contribution in [1.82, 2.24) is 15.1 Å². The van der Waals surface area contributed by atoms with Gasteiger partial charge in [-0.15, -0.1) is 0 Å². The van der Waals surface area contributed by atoms with Gasteiger partial charge < -0.3 is 29.5 Å². The molecule has 1 aromatic carbocycles. The maximum Gasteiger partial charge on any atom is 0.242 e. The monoisotopic (exact) mass is 415 g/mol. The van der Waals surface area contributed by atoms with Crippen molar-refractivity contribution in [2.75, 3.05) is 71.0 Å². The molecule has 2 unspecified atom stereocenters. The molecular weight excluding hydrogens is 382 g/mol. The second-order valence-electron chi connectivity index (χ2n) is 8.01. The van der Waals surface area contributed by atoms with Crippen LogP contribution in [0.15, 0.2) is 35.3 Å². The predicted molar refractivity (Wildman–Crippen MR) is 117 cm³/mol. The molecule has 0 spiro atoms. The zero-order chi connectivity index (χ0) is 20.8. The lowest BCUT2D eigenvalue weighted by Crippen LogP contribution is -2.55. The van der Waals surface area contributed by atoms with E-state index in [-0.39, 0.29) is 24.7 Å². The molecule has 3 fully saturated rings. The molecule has 2 atom stereocenters. The van der Waals surface area contributed by atoms with Crippen LogP contribution in [0.25, 0.3) is 0 Å². The lowest BCUT2D eigenvalue weighted by molar-refractivity contribution is -0.130. The summed E-state index contributed by atoms with van der Waals surface area (Å²) in [5.41, 5.74) is 1.22. The van der Waals surface area contributed by atoms with Crippen LogP contribution in [0.5, 0.6) is 0 Å². The molecule has 8 nitrogen and oxygen atoms in total. The van der Waals surface area contributed by atoms with Crippen molar-refractivity contribution in [2.45, 2.75) is 25.0 Å². The fourth-order valence-electron chi connectivity index (χ4n) is 4.44. The van der Waals surface area contributed by atoms with Crippen LogP contribution in [0.2, 0.25) is 0 Å². The summed E-state index contributed by atoms with van der Waals surface area (Å²) in [6.45, 7) is 6.46. The van der Waals surface area contributed by atoms with Crippen molar-refractivity contribution in [2.24, 2.45) is 4.99 Å². The number of ether oxygens (including phenoxy) is 2. The highest BCUT2D eigenvalue weighted by atomic mass is 16.5. The minimum Gasteiger partial charge on any atom is -0.375 e. The third kappa shape index (κ3) is 5.05. The molecule has 8 heteroatoms. The van der Waals surface area contributed by atoms with Crippen LogP contribution in [0.4, 0.5) is 5.69 Å². The number of anilines is 1. The standard InChI is InChI=1S/C22H33N5O3/c1-23-22(27-13-15-30-20(17-27)19-8-5-14-29-19)24-16-21(28)26-11-9-25(10-12-26)18-6-3-2-4-7-18/h2-4,6-7,19-20H,5,8-17H2,1H3,(H,23,24). The number of guanidine groups is 1. The molecule has 0 aliphatic carbocycles. The number of nitrogens with zero attached hydrogens (tertiary/aromatic N) is 4. The molecule has 1 amide bonds. The Kier molecular flexibility index (Phi) is 7.07. The van der Waals surface area contributed by atoms with Gasteiger partial charge in [0.1, 0.15) is 6.10 Å². The molecule has 0 bridgehead atoms. The molecular formula is C22H33N5O3. The average molecular weight is 416 g/mol. The van der Waals surface area contributed by atoms with E-state index in [9.17, 15) is 4.79 Å². The van der Waals surface area contributed by atoms with E-state index in [1.807, 2.05) is 11.0 Å². The molecule has 3 aliphatic rings. The van der Waals surface area contributed by atoms with Crippen LogP contribution < -0.4 is 10.2 Å². The van der Waals surface area contributed by atoms with Gasteiger partial charge in [0.2, 0.25) is 5.91 Å². The first kappa shape index (κ1) is 20.9. The van der Waals surface area contributed by atoms with E-state index in [2.05, 4.69) is 44.4 Å². The second-order valence-corrected chi connectivity index (χ2v) is 8.01. The van der Waals surface area contributed by atoms with E-state index in [0.29, 0.717) is 6.61 Å². The summed E-state index contributed by atoms with van der Waals surface area (Å²) in [4.78, 5) is 23.6. The Morgan fingerprint density at radius 3 is 2.50 bits per heavy atom. The van der Waals surface area contributed by atoms with Crippen LogP contribution in [0.3, 0.4) is 0 Å². The summed E-state index contributed by atoms with van der Waals surface area (Å²) in [5.74, 6) is 0.880. The molecule has 30 heavy (non-hydrogen) atoms. The number of morpholine rings is 1. The average Bonchev–Trinajstić information content (AvgIpc) is 3.35. The number of aliphatic imine (C=N–C) groups is 1. The first-order valence-electron chi connectivity index (χ1n) is 11.0. The van der Waals surface area contributed by atoms with Crippen molar-refractivity contribution in [1.29, 1.82) is 0 Å². The van der Waals surface area contributed by atoms with Gasteiger partial charge in [-0.25, -0.2) is 0 Å². The van der Waals surface area contributed by atoms with Crippen LogP contribution in [0.1, 0.15) is 12.8 Å². The first-order valence-corrected chi connectivity index (χ1v) is 11.0. The summed E-state index contributed by atoms with van der Waals surface area (Å²) >= 11 is 0. The fourth-order valence-corrected chi connectivity index (χ4v) is 4.44. The van der Waals surface area contributed by atoms with Gasteiger partial charge in [-0.3, -0.25) is 9.79 Å². The number of nitrogens with one attached hydrogen (secondary N) is 1. The van der Waals surface area contributed by atoms with Crippen molar-refractivity contribution in [3.05, 3.63) is 30.3 Å². The van der Waals surface area contributed by atoms with Gasteiger partial charge in [-0.05, 0) is 25.0 Å². The number of carbonyl (C=O) groups is 1. The summed E-state index contributed by atoms with van der Waals surface area (Å²) in [7, 11) is 1.77. The Bertz CT molecular complexity index is 715. The van der Waals surface area contributed by atoms with Crippen molar-refractivity contribution < 1.29 is 14.3 Å². The highest BCUT2D eigenvalue weighted by Crippen LogP contribution is 2.21. The van der Waals surface area contributed by atoms with Crippen LogP contribution in [-0.2, 0) is 14.3 Å². The number of hydrogen-bond donors (Lipinski definition) is 1. The van der Waals surface area contributed by atoms with E-state index < -0.39 is 0 Å². The Balaban J connectivity index is 1.23. The third-order valence-corrected chi connectivity index (χ3v) is 6.14. The lowest BCUT2D eigenvalue weighted by atomic mass is 10.1. The van der Waals surface area contributed by atoms with E-state index in [4.69, 9.17) is 9.47 Å². The summed E-state index contributed by atoms with van der Waals surface area (Å²) in [6, 6.07) is 10.4. The van der Waals surface area contributed by atoms with E-state index >= 15 is 0 Å². The lowest BCUT2D eigenvalue weighted by Gasteiger charge is -2.38. The van der Waals surface area contributed by atoms with Crippen molar-refractivity contribution in [3.8, 4) is 0 Å². The van der Waals surface area contributed by atoms with Gasteiger partial charge in [0.15, 0.2) is 5.96 Å². The molecule has 0 aromatic heterocycles. The smallest absolute Gasteiger partial charge is 0.242 e. The number of para-hydroxylation sites is 1. The zero-order valence-electron chi connectivity index (χ0n) is 17.8. The van der Waals surface area contributed by atoms with E-state index in [0.717, 1.165) is 64.7 Å². The number of benzene rings is 1. The number of rotatable bonds is 4. The normalized spacial score (nSPS) is 25.5. The second kappa shape index (κ2) is 10.1. The number of carbonyl (C=O) groups excluding carboxylic acids is 1. The summed E-state index contributed by atoms with van der Waals surface area (Å²) in [5, 5.41) is 3.26. The minimum atomic E-state index is 0.0709. The molecule has 0 radical (unpaired) electrons. The minimum absolute atomic E-state index is 0.0709. The molecule has 1 aromatic rings. The topological polar surface area (TPSA) is 69.6 Å². The molecule has 3 heterocycles. The Labute approximate surface area is 178 Å². The van der Waals surface area contributed by atoms with Gasteiger partial charge in [-0.1, -0.05) is 18.2 Å². The molecule has 1 N–H and O–H groups in total. The van der Waals surface area contributed by atoms with Gasteiger partial charge >= 0.3 is 0 Å². The van der Waals surface area contributed by atoms with E-state index in [1.54, 1.807) is 7.05 Å². The molecule has 3 saturated heterocycles. The third-order valence-electron chi connectivity index (χ3n) is 6.14. The summed E-state index contributed by atoms with van der Waals surface area (Å²) in [6.07, 6.45) is 2.40. The van der Waals surface area contributed by atoms with Gasteiger partial charge in [-0.2, -0.15) is 0 Å². The number of amides is 1. The molecule has 4 rings (SSSR count). The predicted octanol–water partition coefficient (Wildman–Crippen LogP) is 0.790. The van der Waals surface area contributed by atoms with Crippen LogP contribution in [0, 0.1) is 0 Å². The number of piperazine rings is 1. The van der Waals surface area contributed by atoms with E-state index in [1.165, 1.54) is 5.69 Å². The fraction of sp³-hybridized carbons (Fsp3) is 0.636. The van der Waals surface area contributed by atoms with Crippen LogP contribution >= 0.6 is 0 Å². The van der Waals surface area contributed by atoms with Crippen molar-refractivity contribution in [3.63, 3.8) is 0 Å². The Morgan fingerprint density at radius 2 is 1.80 bits per heavy atom.